The topological polar surface area (TPSA) is 155 Å². The number of aliphatic carboxylic acids is 1. The number of nitrogens with two attached hydrogens (primary N) is 1. The van der Waals surface area contributed by atoms with Crippen LogP contribution in [0.4, 0.5) is 0 Å². The third-order valence-corrected chi connectivity index (χ3v) is 8.81. The number of carboxylic acid groups (broad SMARTS) is 1. The molecular formula is C44H72NO9P. The van der Waals surface area contributed by atoms with Gasteiger partial charge in [-0.1, -0.05) is 137 Å². The summed E-state index contributed by atoms with van der Waals surface area (Å²) in [6.45, 7) is 3.45. The molecule has 0 radical (unpaired) electrons. The molecule has 3 atom stereocenters. The Morgan fingerprint density at radius 3 is 1.49 bits per heavy atom. The molecule has 0 saturated heterocycles. The molecule has 0 aromatic carbocycles. The van der Waals surface area contributed by atoms with E-state index in [2.05, 4.69) is 116 Å². The first-order valence-electron chi connectivity index (χ1n) is 20.3. The van der Waals surface area contributed by atoms with Crippen molar-refractivity contribution >= 4 is 19.8 Å². The largest absolute Gasteiger partial charge is 0.480 e. The molecule has 0 aromatic heterocycles. The van der Waals surface area contributed by atoms with Crippen LogP contribution in [-0.2, 0) is 32.7 Å². The fourth-order valence-electron chi connectivity index (χ4n) is 4.77. The summed E-state index contributed by atoms with van der Waals surface area (Å²) in [5.41, 5.74) is 5.34. The summed E-state index contributed by atoms with van der Waals surface area (Å²) < 4.78 is 33.2. The lowest BCUT2D eigenvalue weighted by atomic mass is 10.1. The molecule has 0 aliphatic heterocycles. The predicted octanol–water partition coefficient (Wildman–Crippen LogP) is 11.0. The third-order valence-electron chi connectivity index (χ3n) is 7.86. The predicted molar refractivity (Wildman–Crippen MR) is 226 cm³/mol. The van der Waals surface area contributed by atoms with Crippen LogP contribution < -0.4 is 5.73 Å². The molecule has 11 heteroatoms. The zero-order valence-electron chi connectivity index (χ0n) is 33.7. The van der Waals surface area contributed by atoms with Crippen LogP contribution in [0.5, 0.6) is 0 Å². The Bertz CT molecular complexity index is 1240. The molecule has 0 aliphatic carbocycles. The number of hydrogen-bond acceptors (Lipinski definition) is 8. The van der Waals surface area contributed by atoms with Gasteiger partial charge < -0.3 is 25.2 Å². The van der Waals surface area contributed by atoms with Gasteiger partial charge in [0.05, 0.1) is 19.8 Å². The number of rotatable bonds is 37. The van der Waals surface area contributed by atoms with Gasteiger partial charge in [0.1, 0.15) is 12.1 Å². The Labute approximate surface area is 332 Å². The van der Waals surface area contributed by atoms with Crippen molar-refractivity contribution in [2.45, 2.75) is 142 Å². The van der Waals surface area contributed by atoms with Crippen molar-refractivity contribution in [2.24, 2.45) is 5.73 Å². The van der Waals surface area contributed by atoms with E-state index < -0.39 is 45.1 Å². The van der Waals surface area contributed by atoms with E-state index in [-0.39, 0.29) is 13.0 Å². The third kappa shape index (κ3) is 38.9. The number of phosphoric ester groups is 1. The molecule has 4 N–H and O–H groups in total. The molecule has 0 bridgehead atoms. The molecule has 0 fully saturated rings. The highest BCUT2D eigenvalue weighted by molar-refractivity contribution is 7.47. The van der Waals surface area contributed by atoms with E-state index in [1.165, 1.54) is 0 Å². The normalized spacial score (nSPS) is 15.0. The highest BCUT2D eigenvalue weighted by Crippen LogP contribution is 2.43. The zero-order chi connectivity index (χ0) is 40.5. The van der Waals surface area contributed by atoms with Gasteiger partial charge in [-0.2, -0.15) is 0 Å². The summed E-state index contributed by atoms with van der Waals surface area (Å²) in [6.07, 6.45) is 50.4. The van der Waals surface area contributed by atoms with Gasteiger partial charge >= 0.3 is 19.8 Å². The van der Waals surface area contributed by atoms with E-state index in [0.717, 1.165) is 103 Å². The summed E-state index contributed by atoms with van der Waals surface area (Å²) >= 11 is 0. The molecule has 312 valence electrons. The lowest BCUT2D eigenvalue weighted by molar-refractivity contribution is -0.154. The second-order valence-corrected chi connectivity index (χ2v) is 14.4. The second-order valence-electron chi connectivity index (χ2n) is 13.0. The fraction of sp³-hybridized carbons (Fsp3) is 0.591. The second kappa shape index (κ2) is 39.1. The number of allylic oxidation sites excluding steroid dienone is 16. The quantitative estimate of drug-likeness (QED) is 0.0240. The zero-order valence-corrected chi connectivity index (χ0v) is 34.6. The number of ether oxygens (including phenoxy) is 2. The Morgan fingerprint density at radius 1 is 0.582 bits per heavy atom. The number of hydrogen-bond donors (Lipinski definition) is 3. The summed E-state index contributed by atoms with van der Waals surface area (Å²) in [7, 11) is -4.64. The number of carboxylic acids is 1. The average Bonchev–Trinajstić information content (AvgIpc) is 3.16. The molecule has 0 aliphatic rings. The molecule has 10 nitrogen and oxygen atoms in total. The van der Waals surface area contributed by atoms with Crippen molar-refractivity contribution in [1.29, 1.82) is 0 Å². The number of phosphoric acid groups is 1. The van der Waals surface area contributed by atoms with Gasteiger partial charge in [0, 0.05) is 13.0 Å². The SMILES string of the molecule is CC/C=C\C/C=C\C/C=C\C/C=C\CCCCCCCCC(=O)OC(COCCC/C=C\C/C=C\C/C=C\C/C=C\CC)COP(=O)(O)OCC(N)C(=O)O. The molecule has 0 amide bonds. The van der Waals surface area contributed by atoms with Crippen molar-refractivity contribution in [2.75, 3.05) is 26.4 Å². The minimum atomic E-state index is -4.64. The molecule has 0 spiro atoms. The van der Waals surface area contributed by atoms with Crippen molar-refractivity contribution in [1.82, 2.24) is 0 Å². The van der Waals surface area contributed by atoms with E-state index in [0.29, 0.717) is 13.0 Å². The van der Waals surface area contributed by atoms with E-state index >= 15 is 0 Å². The molecule has 55 heavy (non-hydrogen) atoms. The van der Waals surface area contributed by atoms with Gasteiger partial charge in [-0.15, -0.1) is 0 Å². The van der Waals surface area contributed by atoms with E-state index in [9.17, 15) is 19.0 Å². The maximum absolute atomic E-state index is 12.6. The van der Waals surface area contributed by atoms with Crippen LogP contribution in [0, 0.1) is 0 Å². The Morgan fingerprint density at radius 2 is 1.00 bits per heavy atom. The van der Waals surface area contributed by atoms with Gasteiger partial charge in [0.2, 0.25) is 0 Å². The standard InChI is InChI=1S/C44H72NO9P/c1-3-5-7-9-11-13-15-17-19-20-21-22-23-24-26-28-30-32-34-36-43(46)54-41(39-52-55(49,50)53-40-42(45)44(47)48)38-51-37-35-33-31-29-27-25-18-16-14-12-10-8-6-4-2/h5-8,11-14,17-19,21-22,25,29,31,41-42H,3-4,9-10,15-16,20,23-24,26-28,30,32-40,45H2,1-2H3,(H,47,48)(H,49,50)/b7-5-,8-6-,13-11-,14-12-,19-17-,22-21-,25-18-,31-29-. The van der Waals surface area contributed by atoms with Gasteiger partial charge in [-0.05, 0) is 83.5 Å². The molecule has 3 unspecified atom stereocenters. The smallest absolute Gasteiger partial charge is 0.472 e. The van der Waals surface area contributed by atoms with Crippen LogP contribution in [0.3, 0.4) is 0 Å². The summed E-state index contributed by atoms with van der Waals surface area (Å²) in [4.78, 5) is 33.5. The Balaban J connectivity index is 4.40. The summed E-state index contributed by atoms with van der Waals surface area (Å²) in [5.74, 6) is -1.83. The monoisotopic (exact) mass is 789 g/mol. The van der Waals surface area contributed by atoms with Crippen molar-refractivity contribution in [3.8, 4) is 0 Å². The fourth-order valence-corrected chi connectivity index (χ4v) is 5.55. The average molecular weight is 790 g/mol. The molecular weight excluding hydrogens is 717 g/mol. The maximum Gasteiger partial charge on any atom is 0.472 e. The Hall–Kier alpha value is -3.11. The molecule has 0 rings (SSSR count). The lowest BCUT2D eigenvalue weighted by Crippen LogP contribution is -2.34. The number of unbranched alkanes of at least 4 members (excludes halogenated alkanes) is 7. The lowest BCUT2D eigenvalue weighted by Gasteiger charge is -2.20. The minimum Gasteiger partial charge on any atom is -0.480 e. The van der Waals surface area contributed by atoms with Crippen molar-refractivity contribution in [3.63, 3.8) is 0 Å². The summed E-state index contributed by atoms with van der Waals surface area (Å²) in [5, 5.41) is 8.88. The number of carbonyl (C=O) groups is 2. The number of esters is 1. The first-order valence-corrected chi connectivity index (χ1v) is 21.8. The maximum atomic E-state index is 12.6. The van der Waals surface area contributed by atoms with Gasteiger partial charge in [-0.3, -0.25) is 18.6 Å². The van der Waals surface area contributed by atoms with Crippen LogP contribution >= 0.6 is 7.82 Å². The minimum absolute atomic E-state index is 0.0339. The Kier molecular flexibility index (Phi) is 36.9. The highest BCUT2D eigenvalue weighted by atomic mass is 31.2. The van der Waals surface area contributed by atoms with E-state index in [1.807, 2.05) is 0 Å². The summed E-state index contributed by atoms with van der Waals surface area (Å²) in [6, 6.07) is -1.49. The van der Waals surface area contributed by atoms with Gasteiger partial charge in [0.15, 0.2) is 0 Å². The molecule has 0 heterocycles. The van der Waals surface area contributed by atoms with Crippen molar-refractivity contribution in [3.05, 3.63) is 97.2 Å². The van der Waals surface area contributed by atoms with Crippen LogP contribution in [0.2, 0.25) is 0 Å². The van der Waals surface area contributed by atoms with Crippen LogP contribution in [0.1, 0.15) is 129 Å². The van der Waals surface area contributed by atoms with Gasteiger partial charge in [-0.25, -0.2) is 4.57 Å². The molecule has 0 saturated carbocycles. The van der Waals surface area contributed by atoms with Crippen molar-refractivity contribution < 1.29 is 42.7 Å². The first kappa shape index (κ1) is 51.9. The van der Waals surface area contributed by atoms with E-state index in [1.54, 1.807) is 0 Å². The van der Waals surface area contributed by atoms with Crippen LogP contribution in [-0.4, -0.2) is 60.5 Å². The van der Waals surface area contributed by atoms with E-state index in [4.69, 9.17) is 24.8 Å². The van der Waals surface area contributed by atoms with Gasteiger partial charge in [0.25, 0.3) is 0 Å². The molecule has 0 aromatic rings. The highest BCUT2D eigenvalue weighted by Gasteiger charge is 2.27. The van der Waals surface area contributed by atoms with Crippen LogP contribution in [0.15, 0.2) is 97.2 Å². The van der Waals surface area contributed by atoms with Crippen LogP contribution in [0.25, 0.3) is 0 Å². The first-order chi connectivity index (χ1) is 26.7. The number of carbonyl (C=O) groups excluding carboxylic acids is 1.